The summed E-state index contributed by atoms with van der Waals surface area (Å²) in [6.45, 7) is 13.1. The van der Waals surface area contributed by atoms with Crippen molar-refractivity contribution in [2.75, 3.05) is 0 Å². The van der Waals surface area contributed by atoms with Gasteiger partial charge in [0.1, 0.15) is 5.42 Å². The molecular formula is C14H22O. The van der Waals surface area contributed by atoms with Crippen LogP contribution in [0.25, 0.3) is 12.2 Å². The summed E-state index contributed by atoms with van der Waals surface area (Å²) in [4.78, 5) is 0. The van der Waals surface area contributed by atoms with Gasteiger partial charge in [-0.25, -0.2) is 0 Å². The average molecular weight is 206 g/mol. The predicted molar refractivity (Wildman–Crippen MR) is 65.8 cm³/mol. The smallest absolute Gasteiger partial charge is 0.130 e. The zero-order chi connectivity index (χ0) is 11.7. The van der Waals surface area contributed by atoms with Gasteiger partial charge in [0.2, 0.25) is 0 Å². The van der Waals surface area contributed by atoms with Crippen molar-refractivity contribution in [3.8, 4) is 0 Å². The van der Waals surface area contributed by atoms with Crippen molar-refractivity contribution < 1.29 is 4.42 Å². The molecule has 0 aliphatic heterocycles. The molecule has 0 fully saturated rings. The topological polar surface area (TPSA) is 13.1 Å². The molecule has 0 unspecified atom stereocenters. The molecule has 1 aromatic heterocycles. The molecule has 0 radical (unpaired) electrons. The number of hydrogen-bond donors (Lipinski definition) is 0. The van der Waals surface area contributed by atoms with Crippen molar-refractivity contribution in [1.82, 2.24) is 0 Å². The first-order chi connectivity index (χ1) is 6.67. The zero-order valence-corrected chi connectivity index (χ0v) is 10.7. The number of rotatable bonds is 0. The van der Waals surface area contributed by atoms with Crippen LogP contribution < -0.4 is 10.6 Å². The highest BCUT2D eigenvalue weighted by Crippen LogP contribution is 2.15. The molecular weight excluding hydrogens is 184 g/mol. The lowest BCUT2D eigenvalue weighted by Crippen LogP contribution is -2.24. The van der Waals surface area contributed by atoms with Gasteiger partial charge in [-0.15, -0.1) is 0 Å². The Kier molecular flexibility index (Phi) is 3.13. The van der Waals surface area contributed by atoms with Crippen LogP contribution in [0.4, 0.5) is 0 Å². The molecule has 15 heavy (non-hydrogen) atoms. The second-order valence-electron chi connectivity index (χ2n) is 6.26. The summed E-state index contributed by atoms with van der Waals surface area (Å²) in [7, 11) is 0. The first-order valence-electron chi connectivity index (χ1n) is 5.47. The molecule has 0 saturated heterocycles. The van der Waals surface area contributed by atoms with Crippen molar-refractivity contribution in [2.24, 2.45) is 10.8 Å². The van der Waals surface area contributed by atoms with Crippen LogP contribution in [-0.4, -0.2) is 0 Å². The van der Waals surface area contributed by atoms with E-state index in [4.69, 9.17) is 4.42 Å². The van der Waals surface area contributed by atoms with E-state index in [1.807, 2.05) is 6.07 Å². The van der Waals surface area contributed by atoms with Gasteiger partial charge in [0.05, 0.1) is 6.26 Å². The summed E-state index contributed by atoms with van der Waals surface area (Å²) in [5.74, 6) is 0. The van der Waals surface area contributed by atoms with Gasteiger partial charge in [-0.3, -0.25) is 0 Å². The van der Waals surface area contributed by atoms with Crippen LogP contribution in [0.1, 0.15) is 41.5 Å². The van der Waals surface area contributed by atoms with Crippen LogP contribution in [0.15, 0.2) is 16.7 Å². The summed E-state index contributed by atoms with van der Waals surface area (Å²) in [6, 6.07) is 2.03. The van der Waals surface area contributed by atoms with Gasteiger partial charge in [0, 0.05) is 5.22 Å². The van der Waals surface area contributed by atoms with E-state index >= 15 is 0 Å². The molecule has 1 heteroatoms. The summed E-state index contributed by atoms with van der Waals surface area (Å²) in [5, 5.41) is 1.19. The summed E-state index contributed by atoms with van der Waals surface area (Å²) >= 11 is 0. The third kappa shape index (κ3) is 4.37. The van der Waals surface area contributed by atoms with Crippen LogP contribution in [0.2, 0.25) is 0 Å². The van der Waals surface area contributed by atoms with Gasteiger partial charge >= 0.3 is 0 Å². The normalized spacial score (nSPS) is 16.1. The molecule has 1 rings (SSSR count). The third-order valence-corrected chi connectivity index (χ3v) is 1.88. The van der Waals surface area contributed by atoms with E-state index in [2.05, 4.69) is 53.7 Å². The highest BCUT2D eigenvalue weighted by molar-refractivity contribution is 5.34. The first-order valence-corrected chi connectivity index (χ1v) is 5.47. The van der Waals surface area contributed by atoms with Gasteiger partial charge in [-0.1, -0.05) is 47.6 Å². The Hall–Kier alpha value is -0.980. The monoisotopic (exact) mass is 206 g/mol. The quantitative estimate of drug-likeness (QED) is 0.636. The van der Waals surface area contributed by atoms with Crippen LogP contribution in [0, 0.1) is 10.8 Å². The Morgan fingerprint density at radius 1 is 0.933 bits per heavy atom. The van der Waals surface area contributed by atoms with E-state index < -0.39 is 0 Å². The lowest BCUT2D eigenvalue weighted by atomic mass is 9.94. The Bertz CT molecular complexity index is 381. The maximum Gasteiger partial charge on any atom is 0.130 e. The molecule has 84 valence electrons. The molecule has 0 aliphatic carbocycles. The van der Waals surface area contributed by atoms with E-state index in [1.54, 1.807) is 6.26 Å². The van der Waals surface area contributed by atoms with Crippen molar-refractivity contribution >= 4 is 12.2 Å². The molecule has 0 saturated carbocycles. The molecule has 0 aliphatic rings. The largest absolute Gasteiger partial charge is 0.465 e. The molecule has 0 atom stereocenters. The van der Waals surface area contributed by atoms with Crippen LogP contribution in [-0.2, 0) is 0 Å². The van der Waals surface area contributed by atoms with E-state index in [0.29, 0.717) is 0 Å². The van der Waals surface area contributed by atoms with E-state index in [1.165, 1.54) is 5.22 Å². The van der Waals surface area contributed by atoms with Crippen molar-refractivity contribution in [3.63, 3.8) is 0 Å². The highest BCUT2D eigenvalue weighted by Gasteiger charge is 2.08. The van der Waals surface area contributed by atoms with Gasteiger partial charge in [0.25, 0.3) is 0 Å². The van der Waals surface area contributed by atoms with Crippen molar-refractivity contribution in [3.05, 3.63) is 23.0 Å². The molecule has 1 heterocycles. The Morgan fingerprint density at radius 3 is 1.93 bits per heavy atom. The summed E-state index contributed by atoms with van der Waals surface area (Å²) < 4.78 is 5.50. The van der Waals surface area contributed by atoms with Crippen LogP contribution in [0.5, 0.6) is 0 Å². The fraction of sp³-hybridized carbons (Fsp3) is 0.571. The summed E-state index contributed by atoms with van der Waals surface area (Å²) in [6.07, 6.45) is 6.17. The maximum atomic E-state index is 5.50. The van der Waals surface area contributed by atoms with Gasteiger partial charge in [-0.05, 0) is 23.0 Å². The third-order valence-electron chi connectivity index (χ3n) is 1.88. The molecule has 0 bridgehead atoms. The maximum absolute atomic E-state index is 5.50. The minimum Gasteiger partial charge on any atom is -0.465 e. The minimum atomic E-state index is 0.151. The Balaban J connectivity index is 3.31. The minimum absolute atomic E-state index is 0.151. The molecule has 1 nitrogen and oxygen atoms in total. The molecule has 1 aromatic rings. The Morgan fingerprint density at radius 2 is 1.47 bits per heavy atom. The lowest BCUT2D eigenvalue weighted by Gasteiger charge is -2.11. The van der Waals surface area contributed by atoms with Crippen LogP contribution >= 0.6 is 0 Å². The summed E-state index contributed by atoms with van der Waals surface area (Å²) in [5.41, 5.74) is 1.32. The Labute approximate surface area is 92.5 Å². The predicted octanol–water partition coefficient (Wildman–Crippen LogP) is 2.93. The molecule has 0 N–H and O–H groups in total. The van der Waals surface area contributed by atoms with E-state index in [9.17, 15) is 0 Å². The SMILES string of the molecule is CC(C)(C)/C=c1/cco/c1=C\C(C)(C)C. The van der Waals surface area contributed by atoms with Crippen molar-refractivity contribution in [2.45, 2.75) is 41.5 Å². The second-order valence-corrected chi connectivity index (χ2v) is 6.26. The first kappa shape index (κ1) is 12.1. The van der Waals surface area contributed by atoms with Gasteiger partial charge in [0.15, 0.2) is 0 Å². The van der Waals surface area contributed by atoms with Crippen LogP contribution in [0.3, 0.4) is 0 Å². The fourth-order valence-electron chi connectivity index (χ4n) is 1.43. The standard InChI is InChI=1S/C14H22O/c1-13(2,3)9-11-7-8-15-12(11)10-14(4,5)6/h7-10H,1-6H3/b11-9-,12-10-. The van der Waals surface area contributed by atoms with E-state index in [-0.39, 0.29) is 10.8 Å². The second kappa shape index (κ2) is 3.88. The lowest BCUT2D eigenvalue weighted by molar-refractivity contribution is 0.506. The van der Waals surface area contributed by atoms with Crippen molar-refractivity contribution in [1.29, 1.82) is 0 Å². The number of furan rings is 1. The molecule has 0 spiro atoms. The average Bonchev–Trinajstić information content (AvgIpc) is 2.29. The fourth-order valence-corrected chi connectivity index (χ4v) is 1.43. The number of hydrogen-bond acceptors (Lipinski definition) is 1. The molecule has 0 amide bonds. The zero-order valence-electron chi connectivity index (χ0n) is 10.7. The van der Waals surface area contributed by atoms with Gasteiger partial charge in [-0.2, -0.15) is 0 Å². The van der Waals surface area contributed by atoms with Gasteiger partial charge < -0.3 is 4.42 Å². The van der Waals surface area contributed by atoms with E-state index in [0.717, 1.165) is 5.42 Å². The highest BCUT2D eigenvalue weighted by atomic mass is 16.3. The molecule has 0 aromatic carbocycles.